The van der Waals surface area contributed by atoms with Crippen molar-refractivity contribution >= 4 is 11.6 Å². The van der Waals surface area contributed by atoms with Crippen molar-refractivity contribution in [2.75, 3.05) is 11.4 Å². The first-order chi connectivity index (χ1) is 12.8. The number of fused-ring (bicyclic) bond motifs is 1. The molecule has 130 valence electrons. The van der Waals surface area contributed by atoms with Gasteiger partial charge in [-0.3, -0.25) is 4.79 Å². The molecule has 1 heterocycles. The molecule has 0 fully saturated rings. The molecule has 1 aliphatic rings. The zero-order chi connectivity index (χ0) is 17.8. The van der Waals surface area contributed by atoms with E-state index in [1.165, 1.54) is 5.56 Å². The molecule has 0 saturated carbocycles. The van der Waals surface area contributed by atoms with Gasteiger partial charge >= 0.3 is 0 Å². The summed E-state index contributed by atoms with van der Waals surface area (Å²) in [7, 11) is 0. The van der Waals surface area contributed by atoms with Crippen molar-refractivity contribution in [3.05, 3.63) is 95.6 Å². The Kier molecular flexibility index (Phi) is 4.69. The van der Waals surface area contributed by atoms with Crippen LogP contribution in [-0.4, -0.2) is 12.5 Å². The first-order valence-electron chi connectivity index (χ1n) is 8.98. The number of aryl methyl sites for hydroxylation is 1. The number of nitrogens with zero attached hydrogens (tertiary/aromatic N) is 1. The highest BCUT2D eigenvalue weighted by Gasteiger charge is 2.24. The first kappa shape index (κ1) is 16.4. The summed E-state index contributed by atoms with van der Waals surface area (Å²) >= 11 is 0. The standard InChI is InChI=1S/C23H21NO2/c25-23(24-16-8-11-18-9-5-7-15-22(18)24)21-14-6-4-10-19(21)17-26-20-12-2-1-3-13-20/h1-7,9-10,12-15H,8,11,16-17H2. The summed E-state index contributed by atoms with van der Waals surface area (Å²) in [6.07, 6.45) is 2.02. The van der Waals surface area contributed by atoms with Gasteiger partial charge in [0.2, 0.25) is 0 Å². The minimum atomic E-state index is 0.0458. The van der Waals surface area contributed by atoms with Crippen LogP contribution in [0.15, 0.2) is 78.9 Å². The highest BCUT2D eigenvalue weighted by atomic mass is 16.5. The van der Waals surface area contributed by atoms with E-state index in [9.17, 15) is 4.79 Å². The Bertz CT molecular complexity index is 905. The third-order valence-electron chi connectivity index (χ3n) is 4.74. The fourth-order valence-corrected chi connectivity index (χ4v) is 3.42. The fourth-order valence-electron chi connectivity index (χ4n) is 3.42. The molecule has 0 N–H and O–H groups in total. The number of para-hydroxylation sites is 2. The van der Waals surface area contributed by atoms with Crippen LogP contribution in [0.1, 0.15) is 27.9 Å². The molecule has 3 heteroatoms. The van der Waals surface area contributed by atoms with Crippen molar-refractivity contribution in [1.82, 2.24) is 0 Å². The lowest BCUT2D eigenvalue weighted by molar-refractivity contribution is 0.0982. The topological polar surface area (TPSA) is 29.5 Å². The van der Waals surface area contributed by atoms with Gasteiger partial charge in [0.05, 0.1) is 0 Å². The van der Waals surface area contributed by atoms with E-state index in [0.29, 0.717) is 12.2 Å². The van der Waals surface area contributed by atoms with Crippen molar-refractivity contribution < 1.29 is 9.53 Å². The number of carbonyl (C=O) groups is 1. The Labute approximate surface area is 153 Å². The van der Waals surface area contributed by atoms with Crippen LogP contribution in [0.3, 0.4) is 0 Å². The van der Waals surface area contributed by atoms with Gasteiger partial charge in [-0.1, -0.05) is 54.6 Å². The summed E-state index contributed by atoms with van der Waals surface area (Å²) in [4.78, 5) is 15.2. The van der Waals surface area contributed by atoms with Crippen LogP contribution < -0.4 is 9.64 Å². The highest BCUT2D eigenvalue weighted by molar-refractivity contribution is 6.07. The molecule has 0 aliphatic carbocycles. The molecule has 3 nitrogen and oxygen atoms in total. The predicted octanol–water partition coefficient (Wildman–Crippen LogP) is 4.86. The van der Waals surface area contributed by atoms with Crippen molar-refractivity contribution in [2.24, 2.45) is 0 Å². The maximum absolute atomic E-state index is 13.3. The maximum atomic E-state index is 13.3. The summed E-state index contributed by atoms with van der Waals surface area (Å²) in [6, 6.07) is 25.6. The number of carbonyl (C=O) groups excluding carboxylic acids is 1. The number of hydrogen-bond acceptors (Lipinski definition) is 2. The molecule has 26 heavy (non-hydrogen) atoms. The summed E-state index contributed by atoms with van der Waals surface area (Å²) in [5.41, 5.74) is 3.89. The first-order valence-corrected chi connectivity index (χ1v) is 8.98. The Balaban J connectivity index is 1.59. The molecule has 0 saturated heterocycles. The third-order valence-corrected chi connectivity index (χ3v) is 4.74. The number of amides is 1. The van der Waals surface area contributed by atoms with Crippen LogP contribution in [0, 0.1) is 0 Å². The molecule has 0 spiro atoms. The summed E-state index contributed by atoms with van der Waals surface area (Å²) < 4.78 is 5.87. The molecular weight excluding hydrogens is 322 g/mol. The van der Waals surface area contributed by atoms with E-state index in [0.717, 1.165) is 36.4 Å². The SMILES string of the molecule is O=C(c1ccccc1COc1ccccc1)N1CCCc2ccccc21. The molecule has 3 aromatic rings. The minimum Gasteiger partial charge on any atom is -0.489 e. The van der Waals surface area contributed by atoms with Crippen LogP contribution in [0.4, 0.5) is 5.69 Å². The van der Waals surface area contributed by atoms with Crippen molar-refractivity contribution in [2.45, 2.75) is 19.4 Å². The molecule has 0 unspecified atom stereocenters. The molecule has 0 radical (unpaired) electrons. The second-order valence-corrected chi connectivity index (χ2v) is 6.45. The van der Waals surface area contributed by atoms with Crippen LogP contribution in [0.5, 0.6) is 5.75 Å². The minimum absolute atomic E-state index is 0.0458. The zero-order valence-electron chi connectivity index (χ0n) is 14.6. The lowest BCUT2D eigenvalue weighted by atomic mass is 9.99. The summed E-state index contributed by atoms with van der Waals surface area (Å²) in [5.74, 6) is 0.850. The van der Waals surface area contributed by atoms with Gasteiger partial charge in [-0.25, -0.2) is 0 Å². The summed E-state index contributed by atoms with van der Waals surface area (Å²) in [6.45, 7) is 1.13. The number of rotatable bonds is 4. The molecule has 3 aromatic carbocycles. The molecule has 1 amide bonds. The van der Waals surface area contributed by atoms with Gasteiger partial charge in [-0.15, -0.1) is 0 Å². The van der Waals surface area contributed by atoms with E-state index >= 15 is 0 Å². The van der Waals surface area contributed by atoms with E-state index in [1.807, 2.05) is 77.7 Å². The number of hydrogen-bond donors (Lipinski definition) is 0. The fraction of sp³-hybridized carbons (Fsp3) is 0.174. The Morgan fingerprint density at radius 3 is 2.50 bits per heavy atom. The van der Waals surface area contributed by atoms with Gasteiger partial charge in [0.25, 0.3) is 5.91 Å². The van der Waals surface area contributed by atoms with E-state index in [-0.39, 0.29) is 5.91 Å². The predicted molar refractivity (Wildman–Crippen MR) is 104 cm³/mol. The Hall–Kier alpha value is -3.07. The summed E-state index contributed by atoms with van der Waals surface area (Å²) in [5, 5.41) is 0. The van der Waals surface area contributed by atoms with Gasteiger partial charge in [-0.2, -0.15) is 0 Å². The average Bonchev–Trinajstić information content (AvgIpc) is 2.72. The molecular formula is C23H21NO2. The van der Waals surface area contributed by atoms with E-state index in [4.69, 9.17) is 4.74 Å². The van der Waals surface area contributed by atoms with Crippen LogP contribution in [0.2, 0.25) is 0 Å². The van der Waals surface area contributed by atoms with Gasteiger partial charge in [0.15, 0.2) is 0 Å². The van der Waals surface area contributed by atoms with E-state index in [2.05, 4.69) is 6.07 Å². The highest BCUT2D eigenvalue weighted by Crippen LogP contribution is 2.29. The van der Waals surface area contributed by atoms with Crippen molar-refractivity contribution in [3.8, 4) is 5.75 Å². The second-order valence-electron chi connectivity index (χ2n) is 6.45. The van der Waals surface area contributed by atoms with Crippen LogP contribution >= 0.6 is 0 Å². The molecule has 0 bridgehead atoms. The molecule has 0 aromatic heterocycles. The number of ether oxygens (including phenoxy) is 1. The third kappa shape index (κ3) is 3.33. The van der Waals surface area contributed by atoms with Gasteiger partial charge in [0, 0.05) is 23.4 Å². The largest absolute Gasteiger partial charge is 0.489 e. The van der Waals surface area contributed by atoms with Crippen LogP contribution in [-0.2, 0) is 13.0 Å². The van der Waals surface area contributed by atoms with Crippen LogP contribution in [0.25, 0.3) is 0 Å². The lowest BCUT2D eigenvalue weighted by Gasteiger charge is -2.30. The van der Waals surface area contributed by atoms with Gasteiger partial charge in [-0.05, 0) is 42.7 Å². The lowest BCUT2D eigenvalue weighted by Crippen LogP contribution is -2.36. The number of benzene rings is 3. The van der Waals surface area contributed by atoms with E-state index in [1.54, 1.807) is 0 Å². The second kappa shape index (κ2) is 7.44. The zero-order valence-corrected chi connectivity index (χ0v) is 14.6. The average molecular weight is 343 g/mol. The smallest absolute Gasteiger partial charge is 0.258 e. The van der Waals surface area contributed by atoms with E-state index < -0.39 is 0 Å². The molecule has 4 rings (SSSR count). The molecule has 0 atom stereocenters. The van der Waals surface area contributed by atoms with Crippen molar-refractivity contribution in [3.63, 3.8) is 0 Å². The maximum Gasteiger partial charge on any atom is 0.258 e. The van der Waals surface area contributed by atoms with Gasteiger partial charge < -0.3 is 9.64 Å². The Morgan fingerprint density at radius 1 is 0.885 bits per heavy atom. The normalized spacial score (nSPS) is 13.2. The monoisotopic (exact) mass is 343 g/mol. The Morgan fingerprint density at radius 2 is 1.62 bits per heavy atom. The number of anilines is 1. The quantitative estimate of drug-likeness (QED) is 0.677. The van der Waals surface area contributed by atoms with Gasteiger partial charge in [0.1, 0.15) is 12.4 Å². The molecule has 1 aliphatic heterocycles. The van der Waals surface area contributed by atoms with Crippen molar-refractivity contribution in [1.29, 1.82) is 0 Å².